The molecule has 3 aromatic rings. The summed E-state index contributed by atoms with van der Waals surface area (Å²) in [5, 5.41) is 13.9. The van der Waals surface area contributed by atoms with Gasteiger partial charge in [0.05, 0.1) is 5.75 Å². The highest BCUT2D eigenvalue weighted by atomic mass is 32.2. The molecule has 0 bridgehead atoms. The van der Waals surface area contributed by atoms with Crippen molar-refractivity contribution in [2.24, 2.45) is 5.92 Å². The van der Waals surface area contributed by atoms with Crippen LogP contribution in [-0.2, 0) is 10.5 Å². The van der Waals surface area contributed by atoms with E-state index in [9.17, 15) is 4.79 Å². The van der Waals surface area contributed by atoms with Gasteiger partial charge >= 0.3 is 0 Å². The van der Waals surface area contributed by atoms with Gasteiger partial charge in [0.15, 0.2) is 8.68 Å². The van der Waals surface area contributed by atoms with E-state index < -0.39 is 0 Å². The second-order valence-electron chi connectivity index (χ2n) is 6.58. The number of hydrogen-bond donors (Lipinski definition) is 1. The maximum absolute atomic E-state index is 11.9. The van der Waals surface area contributed by atoms with E-state index in [1.54, 1.807) is 23.1 Å². The van der Waals surface area contributed by atoms with Gasteiger partial charge in [0.1, 0.15) is 0 Å². The third kappa shape index (κ3) is 6.23. The number of rotatable bonds is 9. The fraction of sp³-hybridized carbons (Fsp3) is 0.350. The van der Waals surface area contributed by atoms with Gasteiger partial charge < -0.3 is 5.32 Å². The number of amides is 1. The molecule has 2 aromatic carbocycles. The molecule has 7 heteroatoms. The summed E-state index contributed by atoms with van der Waals surface area (Å²) in [6, 6.07) is 14.8. The summed E-state index contributed by atoms with van der Waals surface area (Å²) in [6.07, 6.45) is 1.00. The maximum atomic E-state index is 11.9. The van der Waals surface area contributed by atoms with E-state index >= 15 is 0 Å². The molecule has 0 aliphatic carbocycles. The molecular formula is C20H23N3OS3. The molecule has 0 aliphatic heterocycles. The molecule has 1 heterocycles. The topological polar surface area (TPSA) is 54.9 Å². The first-order valence-corrected chi connectivity index (χ1v) is 11.7. The van der Waals surface area contributed by atoms with Gasteiger partial charge in [-0.25, -0.2) is 0 Å². The Morgan fingerprint density at radius 1 is 1.07 bits per heavy atom. The first-order valence-electron chi connectivity index (χ1n) is 8.94. The zero-order chi connectivity index (χ0) is 19.1. The summed E-state index contributed by atoms with van der Waals surface area (Å²) in [7, 11) is 0. The number of thioether (sulfide) groups is 2. The molecule has 0 aliphatic rings. The van der Waals surface area contributed by atoms with Gasteiger partial charge in [-0.2, -0.15) is 0 Å². The highest BCUT2D eigenvalue weighted by molar-refractivity contribution is 8.03. The fourth-order valence-corrected chi connectivity index (χ4v) is 5.40. The van der Waals surface area contributed by atoms with E-state index in [4.69, 9.17) is 0 Å². The second-order valence-corrected chi connectivity index (χ2v) is 10.0. The number of fused-ring (bicyclic) bond motifs is 1. The van der Waals surface area contributed by atoms with Crippen LogP contribution in [0, 0.1) is 5.92 Å². The predicted molar refractivity (Wildman–Crippen MR) is 117 cm³/mol. The Bertz CT molecular complexity index is 890. The van der Waals surface area contributed by atoms with Crippen molar-refractivity contribution in [1.29, 1.82) is 0 Å². The van der Waals surface area contributed by atoms with Crippen LogP contribution < -0.4 is 5.32 Å². The van der Waals surface area contributed by atoms with Gasteiger partial charge in [-0.05, 0) is 28.7 Å². The Morgan fingerprint density at radius 2 is 1.81 bits per heavy atom. The molecule has 0 saturated carbocycles. The Hall–Kier alpha value is -1.57. The van der Waals surface area contributed by atoms with Crippen molar-refractivity contribution in [2.75, 3.05) is 12.3 Å². The predicted octanol–water partition coefficient (Wildman–Crippen LogP) is 5.24. The van der Waals surface area contributed by atoms with Crippen LogP contribution >= 0.6 is 34.9 Å². The summed E-state index contributed by atoms with van der Waals surface area (Å²) in [5.74, 6) is 1.90. The SMILES string of the molecule is CC(C)CCNC(=O)CSc1nnc(SCc2cccc3ccccc23)s1. The molecule has 1 aromatic heterocycles. The van der Waals surface area contributed by atoms with E-state index in [1.165, 1.54) is 28.1 Å². The van der Waals surface area contributed by atoms with E-state index in [1.807, 2.05) is 0 Å². The van der Waals surface area contributed by atoms with E-state index in [-0.39, 0.29) is 5.91 Å². The van der Waals surface area contributed by atoms with Crippen LogP contribution in [-0.4, -0.2) is 28.4 Å². The number of nitrogens with one attached hydrogen (secondary N) is 1. The molecule has 1 amide bonds. The summed E-state index contributed by atoms with van der Waals surface area (Å²) in [6.45, 7) is 5.04. The molecule has 0 fully saturated rings. The summed E-state index contributed by atoms with van der Waals surface area (Å²) in [5.41, 5.74) is 1.30. The molecule has 0 radical (unpaired) electrons. The van der Waals surface area contributed by atoms with Gasteiger partial charge in [-0.1, -0.05) is 91.2 Å². The minimum atomic E-state index is 0.0563. The minimum absolute atomic E-state index is 0.0563. The Morgan fingerprint density at radius 3 is 2.63 bits per heavy atom. The van der Waals surface area contributed by atoms with Crippen molar-refractivity contribution in [3.05, 3.63) is 48.0 Å². The van der Waals surface area contributed by atoms with E-state index in [2.05, 4.69) is 71.8 Å². The lowest BCUT2D eigenvalue weighted by atomic mass is 10.1. The Labute approximate surface area is 172 Å². The molecule has 0 atom stereocenters. The Balaban J connectivity index is 1.49. The molecule has 3 rings (SSSR count). The first-order chi connectivity index (χ1) is 13.1. The highest BCUT2D eigenvalue weighted by Gasteiger charge is 2.10. The largest absolute Gasteiger partial charge is 0.355 e. The average Bonchev–Trinajstić information content (AvgIpc) is 3.12. The maximum Gasteiger partial charge on any atom is 0.230 e. The van der Waals surface area contributed by atoms with Crippen LogP contribution in [0.3, 0.4) is 0 Å². The third-order valence-corrected chi connectivity index (χ3v) is 7.23. The number of benzene rings is 2. The average molecular weight is 418 g/mol. The van der Waals surface area contributed by atoms with E-state index in [0.29, 0.717) is 11.7 Å². The van der Waals surface area contributed by atoms with Crippen molar-refractivity contribution in [3.63, 3.8) is 0 Å². The third-order valence-electron chi connectivity index (χ3n) is 3.99. The highest BCUT2D eigenvalue weighted by Crippen LogP contribution is 2.32. The monoisotopic (exact) mass is 417 g/mol. The molecule has 142 valence electrons. The standard InChI is InChI=1S/C20H23N3OS3/c1-14(2)10-11-21-18(24)13-26-20-23-22-19(27-20)25-12-16-8-5-7-15-6-3-4-9-17(15)16/h3-9,14H,10-13H2,1-2H3,(H,21,24). The molecule has 27 heavy (non-hydrogen) atoms. The first kappa shape index (κ1) is 20.2. The van der Waals surface area contributed by atoms with Crippen LogP contribution in [0.1, 0.15) is 25.8 Å². The van der Waals surface area contributed by atoms with Crippen molar-refractivity contribution in [3.8, 4) is 0 Å². The van der Waals surface area contributed by atoms with Gasteiger partial charge in [0, 0.05) is 12.3 Å². The molecule has 0 saturated heterocycles. The van der Waals surface area contributed by atoms with Crippen LogP contribution in [0.5, 0.6) is 0 Å². The second kappa shape index (κ2) is 10.1. The summed E-state index contributed by atoms with van der Waals surface area (Å²) >= 11 is 4.70. The van der Waals surface area contributed by atoms with Gasteiger partial charge in [-0.3, -0.25) is 4.79 Å². The lowest BCUT2D eigenvalue weighted by Crippen LogP contribution is -2.26. The van der Waals surface area contributed by atoms with Gasteiger partial charge in [0.25, 0.3) is 0 Å². The number of hydrogen-bond acceptors (Lipinski definition) is 6. The quantitative estimate of drug-likeness (QED) is 0.483. The van der Waals surface area contributed by atoms with Crippen molar-refractivity contribution in [2.45, 2.75) is 34.7 Å². The molecule has 0 spiro atoms. The molecule has 1 N–H and O–H groups in total. The minimum Gasteiger partial charge on any atom is -0.355 e. The molecule has 0 unspecified atom stereocenters. The molecular weight excluding hydrogens is 394 g/mol. The number of carbonyl (C=O) groups excluding carboxylic acids is 1. The fourth-order valence-electron chi connectivity index (χ4n) is 2.55. The lowest BCUT2D eigenvalue weighted by molar-refractivity contribution is -0.118. The van der Waals surface area contributed by atoms with Gasteiger partial charge in [0.2, 0.25) is 5.91 Å². The van der Waals surface area contributed by atoms with Crippen LogP contribution in [0.15, 0.2) is 51.1 Å². The van der Waals surface area contributed by atoms with Gasteiger partial charge in [-0.15, -0.1) is 10.2 Å². The zero-order valence-corrected chi connectivity index (χ0v) is 17.9. The van der Waals surface area contributed by atoms with Crippen LogP contribution in [0.2, 0.25) is 0 Å². The normalized spacial score (nSPS) is 11.2. The number of nitrogens with zero attached hydrogens (tertiary/aromatic N) is 2. The van der Waals surface area contributed by atoms with Crippen LogP contribution in [0.25, 0.3) is 10.8 Å². The number of aromatic nitrogens is 2. The number of carbonyl (C=O) groups is 1. The molecule has 4 nitrogen and oxygen atoms in total. The van der Waals surface area contributed by atoms with E-state index in [0.717, 1.165) is 27.4 Å². The van der Waals surface area contributed by atoms with Crippen molar-refractivity contribution >= 4 is 51.5 Å². The Kier molecular flexibility index (Phi) is 7.55. The smallest absolute Gasteiger partial charge is 0.230 e. The van der Waals surface area contributed by atoms with Crippen molar-refractivity contribution in [1.82, 2.24) is 15.5 Å². The summed E-state index contributed by atoms with van der Waals surface area (Å²) < 4.78 is 1.78. The zero-order valence-electron chi connectivity index (χ0n) is 15.5. The van der Waals surface area contributed by atoms with Crippen LogP contribution in [0.4, 0.5) is 0 Å². The summed E-state index contributed by atoms with van der Waals surface area (Å²) in [4.78, 5) is 11.9. The lowest BCUT2D eigenvalue weighted by Gasteiger charge is -2.06. The van der Waals surface area contributed by atoms with Crippen molar-refractivity contribution < 1.29 is 4.79 Å².